The molecule has 2 N–H and O–H groups in total. The minimum absolute atomic E-state index is 0.0568. The lowest BCUT2D eigenvalue weighted by Crippen LogP contribution is -2.41. The monoisotopic (exact) mass is 295 g/mol. The number of aromatic amines is 2. The largest absolute Gasteiger partial charge is 0.385 e. The van der Waals surface area contributed by atoms with E-state index >= 15 is 0 Å². The number of rotatable bonds is 5. The zero-order valence-electron chi connectivity index (χ0n) is 12.2. The first-order chi connectivity index (χ1) is 10.1. The predicted octanol–water partition coefficient (Wildman–Crippen LogP) is 0.342. The first-order valence-electron chi connectivity index (χ1n) is 7.22. The lowest BCUT2D eigenvalue weighted by Gasteiger charge is -2.32. The molecule has 0 aromatic carbocycles. The molecule has 1 aromatic rings. The molecule has 2 rings (SSSR count). The van der Waals surface area contributed by atoms with E-state index in [1.807, 2.05) is 0 Å². The molecule has 21 heavy (non-hydrogen) atoms. The highest BCUT2D eigenvalue weighted by Crippen LogP contribution is 2.21. The Hall–Kier alpha value is -1.89. The van der Waals surface area contributed by atoms with Gasteiger partial charge in [-0.1, -0.05) is 0 Å². The van der Waals surface area contributed by atoms with E-state index in [-0.39, 0.29) is 11.6 Å². The van der Waals surface area contributed by atoms with Gasteiger partial charge in [0.1, 0.15) is 5.69 Å². The van der Waals surface area contributed by atoms with Crippen molar-refractivity contribution in [1.29, 1.82) is 0 Å². The highest BCUT2D eigenvalue weighted by molar-refractivity contribution is 5.92. The molecule has 0 bridgehead atoms. The van der Waals surface area contributed by atoms with Crippen LogP contribution in [0.3, 0.4) is 0 Å². The molecule has 1 aliphatic heterocycles. The summed E-state index contributed by atoms with van der Waals surface area (Å²) in [6.45, 7) is 2.05. The van der Waals surface area contributed by atoms with E-state index < -0.39 is 11.2 Å². The van der Waals surface area contributed by atoms with Gasteiger partial charge in [0.15, 0.2) is 0 Å². The van der Waals surface area contributed by atoms with Crippen LogP contribution in [-0.2, 0) is 4.74 Å². The molecule has 1 fully saturated rings. The molecule has 0 spiro atoms. The number of nitrogens with one attached hydrogen (secondary N) is 2. The van der Waals surface area contributed by atoms with Crippen LogP contribution in [0, 0.1) is 5.92 Å². The molecule has 1 atom stereocenters. The maximum atomic E-state index is 12.4. The zero-order valence-corrected chi connectivity index (χ0v) is 12.2. The maximum Gasteiger partial charge on any atom is 0.326 e. The van der Waals surface area contributed by atoms with E-state index in [1.54, 1.807) is 12.0 Å². The van der Waals surface area contributed by atoms with E-state index in [0.717, 1.165) is 38.4 Å². The molecule has 0 unspecified atom stereocenters. The molecule has 0 aliphatic carbocycles. The fourth-order valence-electron chi connectivity index (χ4n) is 2.76. The van der Waals surface area contributed by atoms with Crippen molar-refractivity contribution in [3.05, 3.63) is 32.6 Å². The van der Waals surface area contributed by atoms with Crippen molar-refractivity contribution in [3.63, 3.8) is 0 Å². The number of ether oxygens (including phenoxy) is 1. The van der Waals surface area contributed by atoms with Gasteiger partial charge in [0.2, 0.25) is 0 Å². The zero-order chi connectivity index (χ0) is 15.2. The van der Waals surface area contributed by atoms with Gasteiger partial charge in [-0.3, -0.25) is 14.6 Å². The fourth-order valence-corrected chi connectivity index (χ4v) is 2.76. The van der Waals surface area contributed by atoms with Gasteiger partial charge in [0.25, 0.3) is 11.5 Å². The third kappa shape index (κ3) is 4.29. The van der Waals surface area contributed by atoms with Crippen LogP contribution in [0.1, 0.15) is 36.2 Å². The van der Waals surface area contributed by atoms with Crippen LogP contribution in [0.2, 0.25) is 0 Å². The first-order valence-corrected chi connectivity index (χ1v) is 7.22. The van der Waals surface area contributed by atoms with Crippen LogP contribution in [0.25, 0.3) is 0 Å². The van der Waals surface area contributed by atoms with E-state index in [9.17, 15) is 14.4 Å². The van der Waals surface area contributed by atoms with Crippen molar-refractivity contribution >= 4 is 5.91 Å². The number of piperidine rings is 1. The van der Waals surface area contributed by atoms with Gasteiger partial charge in [0.05, 0.1) is 0 Å². The molecule has 7 heteroatoms. The average Bonchev–Trinajstić information content (AvgIpc) is 2.46. The minimum Gasteiger partial charge on any atom is -0.385 e. The molecule has 1 aromatic heterocycles. The second kappa shape index (κ2) is 7.21. The Bertz CT molecular complexity index is 564. The number of likely N-dealkylation sites (tertiary alicyclic amines) is 1. The number of hydrogen-bond acceptors (Lipinski definition) is 4. The van der Waals surface area contributed by atoms with Crippen molar-refractivity contribution < 1.29 is 9.53 Å². The second-order valence-corrected chi connectivity index (χ2v) is 5.40. The lowest BCUT2D eigenvalue weighted by atomic mass is 9.93. The molecular weight excluding hydrogens is 274 g/mol. The smallest absolute Gasteiger partial charge is 0.326 e. The van der Waals surface area contributed by atoms with Crippen LogP contribution in [0.15, 0.2) is 15.7 Å². The summed E-state index contributed by atoms with van der Waals surface area (Å²) < 4.78 is 5.04. The van der Waals surface area contributed by atoms with Crippen LogP contribution in [-0.4, -0.2) is 47.6 Å². The van der Waals surface area contributed by atoms with Gasteiger partial charge in [-0.05, 0) is 31.6 Å². The summed E-state index contributed by atoms with van der Waals surface area (Å²) in [5.41, 5.74) is -1.16. The Morgan fingerprint density at radius 2 is 2.24 bits per heavy atom. The molecule has 1 aliphatic rings. The third-order valence-electron chi connectivity index (χ3n) is 3.76. The summed E-state index contributed by atoms with van der Waals surface area (Å²) >= 11 is 0. The Labute approximate surface area is 122 Å². The first kappa shape index (κ1) is 15.5. The number of hydrogen-bond donors (Lipinski definition) is 2. The van der Waals surface area contributed by atoms with E-state index in [1.165, 1.54) is 0 Å². The molecule has 1 amide bonds. The fraction of sp³-hybridized carbons (Fsp3) is 0.643. The summed E-state index contributed by atoms with van der Waals surface area (Å²) in [4.78, 5) is 41.0. The number of carbonyl (C=O) groups excluding carboxylic acids is 1. The number of methoxy groups -OCH3 is 1. The van der Waals surface area contributed by atoms with Crippen LogP contribution >= 0.6 is 0 Å². The molecule has 7 nitrogen and oxygen atoms in total. The van der Waals surface area contributed by atoms with Gasteiger partial charge in [-0.2, -0.15) is 0 Å². The molecule has 116 valence electrons. The highest BCUT2D eigenvalue weighted by atomic mass is 16.5. The van der Waals surface area contributed by atoms with Crippen molar-refractivity contribution in [3.8, 4) is 0 Å². The highest BCUT2D eigenvalue weighted by Gasteiger charge is 2.24. The second-order valence-electron chi connectivity index (χ2n) is 5.40. The van der Waals surface area contributed by atoms with Crippen LogP contribution in [0.5, 0.6) is 0 Å². The summed E-state index contributed by atoms with van der Waals surface area (Å²) in [5.74, 6) is 0.168. The molecule has 2 heterocycles. The minimum atomic E-state index is -0.653. The van der Waals surface area contributed by atoms with Gasteiger partial charge in [-0.25, -0.2) is 4.79 Å². The number of aromatic nitrogens is 2. The Morgan fingerprint density at radius 3 is 2.95 bits per heavy atom. The average molecular weight is 295 g/mol. The number of carbonyl (C=O) groups is 1. The summed E-state index contributed by atoms with van der Waals surface area (Å²) in [7, 11) is 1.68. The standard InChI is InChI=1S/C14H21N3O4/c1-21-7-3-5-10-4-2-6-17(9-10)13(19)11-8-12(18)16-14(20)15-11/h8,10H,2-7,9H2,1H3,(H2,15,16,18,20)/t10-/m1/s1. The van der Waals surface area contributed by atoms with E-state index in [4.69, 9.17) is 4.74 Å². The lowest BCUT2D eigenvalue weighted by molar-refractivity contribution is 0.0654. The van der Waals surface area contributed by atoms with E-state index in [2.05, 4.69) is 9.97 Å². The normalized spacial score (nSPS) is 18.7. The number of amides is 1. The van der Waals surface area contributed by atoms with Gasteiger partial charge in [-0.15, -0.1) is 0 Å². The topological polar surface area (TPSA) is 95.3 Å². The molecular formula is C14H21N3O4. The van der Waals surface area contributed by atoms with Gasteiger partial charge >= 0.3 is 5.69 Å². The SMILES string of the molecule is COCCC[C@H]1CCCN(C(=O)c2cc(=O)[nH]c(=O)[nH]2)C1. The summed E-state index contributed by atoms with van der Waals surface area (Å²) in [5, 5.41) is 0. The third-order valence-corrected chi connectivity index (χ3v) is 3.76. The van der Waals surface area contributed by atoms with Crippen molar-refractivity contribution in [2.45, 2.75) is 25.7 Å². The van der Waals surface area contributed by atoms with Crippen LogP contribution < -0.4 is 11.2 Å². The molecule has 0 radical (unpaired) electrons. The predicted molar refractivity (Wildman–Crippen MR) is 77.4 cm³/mol. The molecule has 0 saturated carbocycles. The Balaban J connectivity index is 2.01. The van der Waals surface area contributed by atoms with Gasteiger partial charge in [0, 0.05) is 32.9 Å². The van der Waals surface area contributed by atoms with Crippen LogP contribution in [0.4, 0.5) is 0 Å². The van der Waals surface area contributed by atoms with Gasteiger partial charge < -0.3 is 14.6 Å². The van der Waals surface area contributed by atoms with E-state index in [0.29, 0.717) is 19.0 Å². The Kier molecular flexibility index (Phi) is 5.32. The molecule has 1 saturated heterocycles. The maximum absolute atomic E-state index is 12.4. The number of H-pyrrole nitrogens is 2. The van der Waals surface area contributed by atoms with Crippen molar-refractivity contribution in [2.24, 2.45) is 5.92 Å². The Morgan fingerprint density at radius 1 is 1.43 bits per heavy atom. The quantitative estimate of drug-likeness (QED) is 0.766. The number of nitrogens with zero attached hydrogens (tertiary/aromatic N) is 1. The van der Waals surface area contributed by atoms with Crippen molar-refractivity contribution in [1.82, 2.24) is 14.9 Å². The summed E-state index contributed by atoms with van der Waals surface area (Å²) in [6.07, 6.45) is 4.03. The summed E-state index contributed by atoms with van der Waals surface area (Å²) in [6, 6.07) is 1.14. The van der Waals surface area contributed by atoms with Crippen molar-refractivity contribution in [2.75, 3.05) is 26.8 Å².